The molecule has 1 amide bonds. The minimum Gasteiger partial charge on any atom is -0.491 e. The van der Waals surface area contributed by atoms with Crippen molar-refractivity contribution in [2.45, 2.75) is 26.4 Å². The van der Waals surface area contributed by atoms with Gasteiger partial charge in [0.15, 0.2) is 10.7 Å². The number of thiocarbonyl (C=S) groups is 1. The van der Waals surface area contributed by atoms with Gasteiger partial charge in [-0.25, -0.2) is 4.98 Å². The first-order chi connectivity index (χ1) is 15.9. The van der Waals surface area contributed by atoms with Crippen molar-refractivity contribution in [3.63, 3.8) is 0 Å². The van der Waals surface area contributed by atoms with Crippen molar-refractivity contribution >= 4 is 51.6 Å². The Bertz CT molecular complexity index is 1300. The van der Waals surface area contributed by atoms with Crippen LogP contribution in [0.25, 0.3) is 22.6 Å². The van der Waals surface area contributed by atoms with Gasteiger partial charge in [0.25, 0.3) is 5.91 Å². The minimum absolute atomic E-state index is 0.115. The second-order valence-electron chi connectivity index (χ2n) is 7.45. The Hall–Kier alpha value is -3.42. The molecule has 3 aromatic carbocycles. The van der Waals surface area contributed by atoms with Gasteiger partial charge < -0.3 is 14.5 Å². The van der Waals surface area contributed by atoms with E-state index in [4.69, 9.17) is 33.0 Å². The predicted molar refractivity (Wildman–Crippen MR) is 135 cm³/mol. The normalized spacial score (nSPS) is 11.7. The number of anilines is 1. The summed E-state index contributed by atoms with van der Waals surface area (Å²) in [5.41, 5.74) is 3.12. The van der Waals surface area contributed by atoms with Crippen molar-refractivity contribution in [3.05, 3.63) is 77.3 Å². The minimum atomic E-state index is -0.314. The van der Waals surface area contributed by atoms with Gasteiger partial charge in [-0.05, 0) is 80.2 Å². The van der Waals surface area contributed by atoms with Gasteiger partial charge in [-0.3, -0.25) is 10.1 Å². The van der Waals surface area contributed by atoms with Gasteiger partial charge in [0.2, 0.25) is 5.89 Å². The number of nitrogens with zero attached hydrogens (tertiary/aromatic N) is 1. The molecule has 33 heavy (non-hydrogen) atoms. The Morgan fingerprint density at radius 2 is 1.91 bits per heavy atom. The third-order valence-electron chi connectivity index (χ3n) is 5.01. The molecule has 0 saturated carbocycles. The molecule has 0 bridgehead atoms. The van der Waals surface area contributed by atoms with Crippen LogP contribution >= 0.6 is 23.8 Å². The zero-order valence-electron chi connectivity index (χ0n) is 18.1. The van der Waals surface area contributed by atoms with E-state index in [1.807, 2.05) is 25.1 Å². The highest BCUT2D eigenvalue weighted by atomic mass is 35.5. The molecule has 2 N–H and O–H groups in total. The van der Waals surface area contributed by atoms with E-state index >= 15 is 0 Å². The number of ether oxygens (including phenoxy) is 1. The molecule has 0 fully saturated rings. The Balaban J connectivity index is 1.41. The Morgan fingerprint density at radius 3 is 2.64 bits per heavy atom. The maximum atomic E-state index is 12.5. The van der Waals surface area contributed by atoms with E-state index in [2.05, 4.69) is 22.5 Å². The van der Waals surface area contributed by atoms with Crippen LogP contribution in [0.2, 0.25) is 5.02 Å². The van der Waals surface area contributed by atoms with E-state index in [0.717, 1.165) is 12.2 Å². The summed E-state index contributed by atoms with van der Waals surface area (Å²) in [5.74, 6) is 0.842. The van der Waals surface area contributed by atoms with E-state index in [0.29, 0.717) is 38.8 Å². The van der Waals surface area contributed by atoms with Crippen molar-refractivity contribution < 1.29 is 13.9 Å². The second-order valence-corrected chi connectivity index (χ2v) is 8.27. The van der Waals surface area contributed by atoms with Gasteiger partial charge in [0, 0.05) is 11.3 Å². The molecule has 4 rings (SSSR count). The van der Waals surface area contributed by atoms with Gasteiger partial charge in [-0.2, -0.15) is 0 Å². The zero-order valence-corrected chi connectivity index (χ0v) is 19.7. The van der Waals surface area contributed by atoms with E-state index in [1.54, 1.807) is 48.5 Å². The quantitative estimate of drug-likeness (QED) is 0.309. The number of hydrogen-bond acceptors (Lipinski definition) is 5. The number of amides is 1. The number of rotatable bonds is 6. The van der Waals surface area contributed by atoms with Crippen LogP contribution < -0.4 is 15.4 Å². The second kappa shape index (κ2) is 10.0. The Labute approximate surface area is 201 Å². The molecule has 0 radical (unpaired) electrons. The average molecular weight is 480 g/mol. The lowest BCUT2D eigenvalue weighted by molar-refractivity contribution is 0.0977. The van der Waals surface area contributed by atoms with Gasteiger partial charge in [-0.15, -0.1) is 0 Å². The summed E-state index contributed by atoms with van der Waals surface area (Å²) in [6.07, 6.45) is 1.02. The number of carbonyl (C=O) groups excluding carboxylic acids is 1. The third kappa shape index (κ3) is 5.50. The molecule has 1 unspecified atom stereocenters. The molecular weight excluding hydrogens is 458 g/mol. The predicted octanol–water partition coefficient (Wildman–Crippen LogP) is 6.45. The molecule has 0 aliphatic carbocycles. The van der Waals surface area contributed by atoms with E-state index in [9.17, 15) is 4.79 Å². The number of nitrogens with one attached hydrogen (secondary N) is 2. The molecular formula is C25H22ClN3O3S. The maximum absolute atomic E-state index is 12.5. The summed E-state index contributed by atoms with van der Waals surface area (Å²) in [6.45, 7) is 4.05. The smallest absolute Gasteiger partial charge is 0.257 e. The van der Waals surface area contributed by atoms with E-state index in [1.165, 1.54) is 0 Å². The molecule has 0 aliphatic rings. The van der Waals surface area contributed by atoms with Gasteiger partial charge in [-0.1, -0.05) is 30.7 Å². The van der Waals surface area contributed by atoms with Gasteiger partial charge >= 0.3 is 0 Å². The van der Waals surface area contributed by atoms with E-state index < -0.39 is 0 Å². The first-order valence-corrected chi connectivity index (χ1v) is 11.3. The number of oxazole rings is 1. The topological polar surface area (TPSA) is 76.4 Å². The lowest BCUT2D eigenvalue weighted by atomic mass is 10.2. The van der Waals surface area contributed by atoms with Gasteiger partial charge in [0.1, 0.15) is 11.3 Å². The zero-order chi connectivity index (χ0) is 23.4. The Kier molecular flexibility index (Phi) is 6.91. The average Bonchev–Trinajstić information content (AvgIpc) is 3.22. The number of aromatic nitrogens is 1. The molecule has 8 heteroatoms. The van der Waals surface area contributed by atoms with Crippen LogP contribution in [0.3, 0.4) is 0 Å². The summed E-state index contributed by atoms with van der Waals surface area (Å²) in [7, 11) is 0. The molecule has 0 spiro atoms. The van der Waals surface area contributed by atoms with Crippen molar-refractivity contribution in [1.29, 1.82) is 0 Å². The van der Waals surface area contributed by atoms with Crippen LogP contribution in [-0.2, 0) is 0 Å². The SMILES string of the molecule is CCC(C)Oc1ccc(C(=O)NC(=S)Nc2ccc3oc(-c4ccccc4Cl)nc3c2)cc1. The molecule has 1 atom stereocenters. The number of benzene rings is 3. The highest BCUT2D eigenvalue weighted by molar-refractivity contribution is 7.80. The van der Waals surface area contributed by atoms with Crippen LogP contribution in [0.4, 0.5) is 5.69 Å². The fourth-order valence-electron chi connectivity index (χ4n) is 3.09. The monoisotopic (exact) mass is 479 g/mol. The Morgan fingerprint density at radius 1 is 1.15 bits per heavy atom. The summed E-state index contributed by atoms with van der Waals surface area (Å²) >= 11 is 11.5. The maximum Gasteiger partial charge on any atom is 0.257 e. The van der Waals surface area contributed by atoms with Gasteiger partial charge in [0.05, 0.1) is 16.7 Å². The van der Waals surface area contributed by atoms with E-state index in [-0.39, 0.29) is 17.1 Å². The summed E-state index contributed by atoms with van der Waals surface area (Å²) in [4.78, 5) is 17.0. The molecule has 1 aromatic heterocycles. The van der Waals surface area contributed by atoms with Crippen LogP contribution in [0.15, 0.2) is 71.1 Å². The standard InChI is InChI=1S/C25H22ClN3O3S/c1-3-15(2)31-18-11-8-16(9-12-18)23(30)29-25(33)27-17-10-13-22-21(14-17)28-24(32-22)19-6-4-5-7-20(19)26/h4-15H,3H2,1-2H3,(H2,27,29,30,33). The molecule has 1 heterocycles. The number of carbonyl (C=O) groups is 1. The molecule has 0 saturated heterocycles. The van der Waals surface area contributed by atoms with Crippen LogP contribution in [0.5, 0.6) is 5.75 Å². The van der Waals surface area contributed by atoms with Crippen molar-refractivity contribution in [2.24, 2.45) is 0 Å². The largest absolute Gasteiger partial charge is 0.491 e. The number of hydrogen-bond donors (Lipinski definition) is 2. The summed E-state index contributed by atoms with van der Waals surface area (Å²) in [5, 5.41) is 6.43. The fraction of sp³-hybridized carbons (Fsp3) is 0.160. The number of halogens is 1. The van der Waals surface area contributed by atoms with Crippen LogP contribution in [0.1, 0.15) is 30.6 Å². The summed E-state index contributed by atoms with van der Waals surface area (Å²) < 4.78 is 11.6. The molecule has 168 valence electrons. The lowest BCUT2D eigenvalue weighted by Crippen LogP contribution is -2.34. The third-order valence-corrected chi connectivity index (χ3v) is 5.54. The summed E-state index contributed by atoms with van der Waals surface area (Å²) in [6, 6.07) is 19.7. The number of fused-ring (bicyclic) bond motifs is 1. The van der Waals surface area contributed by atoms with Crippen molar-refractivity contribution in [2.75, 3.05) is 5.32 Å². The van der Waals surface area contributed by atoms with Crippen molar-refractivity contribution in [1.82, 2.24) is 10.3 Å². The van der Waals surface area contributed by atoms with Crippen LogP contribution in [0, 0.1) is 0 Å². The van der Waals surface area contributed by atoms with Crippen LogP contribution in [-0.4, -0.2) is 22.1 Å². The molecule has 4 aromatic rings. The molecule has 6 nitrogen and oxygen atoms in total. The lowest BCUT2D eigenvalue weighted by Gasteiger charge is -2.13. The first kappa shape index (κ1) is 22.8. The highest BCUT2D eigenvalue weighted by Crippen LogP contribution is 2.30. The molecule has 0 aliphatic heterocycles. The fourth-order valence-corrected chi connectivity index (χ4v) is 3.52. The van der Waals surface area contributed by atoms with Crippen molar-refractivity contribution in [3.8, 4) is 17.2 Å². The first-order valence-electron chi connectivity index (χ1n) is 10.5. The highest BCUT2D eigenvalue weighted by Gasteiger charge is 2.13.